The minimum absolute atomic E-state index is 0.00141. The minimum Gasteiger partial charge on any atom is -0.341 e. The van der Waals surface area contributed by atoms with Gasteiger partial charge in [-0.25, -0.2) is 0 Å². The van der Waals surface area contributed by atoms with E-state index in [-0.39, 0.29) is 6.04 Å². The Kier molecular flexibility index (Phi) is 5.37. The van der Waals surface area contributed by atoms with Crippen molar-refractivity contribution in [1.29, 1.82) is 0 Å². The lowest BCUT2D eigenvalue weighted by molar-refractivity contribution is -0.132. The molecule has 1 heterocycles. The Bertz CT molecular complexity index is 279. The number of nitrogens with zero attached hydrogens (tertiary/aromatic N) is 1. The standard InChI is InChI=1S/C14H26N2OS/c1-3-18-13-7-6-12(10-13)15-11(2)14(17)16-8-4-5-9-16/h11-13,15H,3-10H2,1-2H3. The summed E-state index contributed by atoms with van der Waals surface area (Å²) in [7, 11) is 0. The zero-order valence-corrected chi connectivity index (χ0v) is 12.5. The Labute approximate surface area is 115 Å². The van der Waals surface area contributed by atoms with Crippen molar-refractivity contribution in [3.8, 4) is 0 Å². The van der Waals surface area contributed by atoms with Crippen LogP contribution < -0.4 is 5.32 Å². The first kappa shape index (κ1) is 14.2. The maximum absolute atomic E-state index is 12.2. The average molecular weight is 270 g/mol. The molecule has 2 aliphatic rings. The molecule has 1 saturated carbocycles. The number of carbonyl (C=O) groups excluding carboxylic acids is 1. The minimum atomic E-state index is -0.00141. The zero-order chi connectivity index (χ0) is 13.0. The fourth-order valence-electron chi connectivity index (χ4n) is 3.11. The van der Waals surface area contributed by atoms with Gasteiger partial charge in [-0.05, 0) is 44.8 Å². The molecule has 1 saturated heterocycles. The van der Waals surface area contributed by atoms with Crippen molar-refractivity contribution in [2.24, 2.45) is 0 Å². The van der Waals surface area contributed by atoms with Crippen molar-refractivity contribution in [2.75, 3.05) is 18.8 Å². The maximum Gasteiger partial charge on any atom is 0.239 e. The van der Waals surface area contributed by atoms with Gasteiger partial charge in [0.25, 0.3) is 0 Å². The monoisotopic (exact) mass is 270 g/mol. The summed E-state index contributed by atoms with van der Waals surface area (Å²) in [4.78, 5) is 14.2. The third-order valence-electron chi connectivity index (χ3n) is 4.06. The van der Waals surface area contributed by atoms with E-state index in [1.807, 2.05) is 11.8 Å². The first-order valence-corrected chi connectivity index (χ1v) is 8.42. The zero-order valence-electron chi connectivity index (χ0n) is 11.7. The van der Waals surface area contributed by atoms with Crippen molar-refractivity contribution in [2.45, 2.75) is 63.3 Å². The summed E-state index contributed by atoms with van der Waals surface area (Å²) in [6.07, 6.45) is 6.13. The van der Waals surface area contributed by atoms with Crippen LogP contribution in [-0.2, 0) is 4.79 Å². The number of hydrogen-bond acceptors (Lipinski definition) is 3. The number of carbonyl (C=O) groups is 1. The second-order valence-electron chi connectivity index (χ2n) is 5.51. The lowest BCUT2D eigenvalue weighted by Gasteiger charge is -2.24. The number of hydrogen-bond donors (Lipinski definition) is 1. The van der Waals surface area contributed by atoms with E-state index >= 15 is 0 Å². The molecular formula is C14H26N2OS. The van der Waals surface area contributed by atoms with Crippen molar-refractivity contribution >= 4 is 17.7 Å². The molecule has 1 N–H and O–H groups in total. The van der Waals surface area contributed by atoms with E-state index in [1.165, 1.54) is 37.9 Å². The lowest BCUT2D eigenvalue weighted by Crippen LogP contribution is -2.47. The van der Waals surface area contributed by atoms with E-state index in [1.54, 1.807) is 0 Å². The Morgan fingerprint density at radius 2 is 2.11 bits per heavy atom. The highest BCUT2D eigenvalue weighted by molar-refractivity contribution is 7.99. The van der Waals surface area contributed by atoms with Crippen molar-refractivity contribution in [1.82, 2.24) is 10.2 Å². The second kappa shape index (κ2) is 6.80. The molecule has 3 nitrogen and oxygen atoms in total. The number of rotatable bonds is 5. The predicted molar refractivity (Wildman–Crippen MR) is 78.0 cm³/mol. The predicted octanol–water partition coefficient (Wildman–Crippen LogP) is 2.26. The quantitative estimate of drug-likeness (QED) is 0.832. The van der Waals surface area contributed by atoms with Crippen LogP contribution in [-0.4, -0.2) is 47.0 Å². The van der Waals surface area contributed by atoms with E-state index in [9.17, 15) is 4.79 Å². The highest BCUT2D eigenvalue weighted by Gasteiger charge is 2.29. The number of thioether (sulfide) groups is 1. The topological polar surface area (TPSA) is 32.3 Å². The van der Waals surface area contributed by atoms with Gasteiger partial charge in [-0.1, -0.05) is 6.92 Å². The van der Waals surface area contributed by atoms with Crippen LogP contribution in [0.2, 0.25) is 0 Å². The van der Waals surface area contributed by atoms with Crippen LogP contribution in [0.1, 0.15) is 46.0 Å². The first-order chi connectivity index (χ1) is 8.70. The second-order valence-corrected chi connectivity index (χ2v) is 7.09. The van der Waals surface area contributed by atoms with E-state index < -0.39 is 0 Å². The van der Waals surface area contributed by atoms with Gasteiger partial charge in [0.15, 0.2) is 0 Å². The number of amides is 1. The molecule has 1 aliphatic heterocycles. The third kappa shape index (κ3) is 3.64. The largest absolute Gasteiger partial charge is 0.341 e. The number of likely N-dealkylation sites (tertiary alicyclic amines) is 1. The highest BCUT2D eigenvalue weighted by Crippen LogP contribution is 2.30. The van der Waals surface area contributed by atoms with Gasteiger partial charge < -0.3 is 10.2 Å². The van der Waals surface area contributed by atoms with Gasteiger partial charge in [0.2, 0.25) is 5.91 Å². The summed E-state index contributed by atoms with van der Waals surface area (Å²) in [5.41, 5.74) is 0. The van der Waals surface area contributed by atoms with Gasteiger partial charge >= 0.3 is 0 Å². The van der Waals surface area contributed by atoms with Gasteiger partial charge in [-0.3, -0.25) is 4.79 Å². The molecule has 0 spiro atoms. The highest BCUT2D eigenvalue weighted by atomic mass is 32.2. The van der Waals surface area contributed by atoms with Gasteiger partial charge in [0, 0.05) is 24.4 Å². The Morgan fingerprint density at radius 3 is 2.78 bits per heavy atom. The van der Waals surface area contributed by atoms with Gasteiger partial charge in [-0.2, -0.15) is 11.8 Å². The molecule has 1 amide bonds. The summed E-state index contributed by atoms with van der Waals surface area (Å²) in [6.45, 7) is 6.18. The van der Waals surface area contributed by atoms with E-state index in [0.29, 0.717) is 11.9 Å². The lowest BCUT2D eigenvalue weighted by atomic mass is 10.2. The molecule has 2 rings (SSSR count). The Hall–Kier alpha value is -0.220. The van der Waals surface area contributed by atoms with Crippen LogP contribution in [0.15, 0.2) is 0 Å². The first-order valence-electron chi connectivity index (χ1n) is 7.37. The smallest absolute Gasteiger partial charge is 0.239 e. The molecule has 104 valence electrons. The molecule has 4 heteroatoms. The molecule has 3 atom stereocenters. The normalized spacial score (nSPS) is 29.8. The summed E-state index contributed by atoms with van der Waals surface area (Å²) >= 11 is 2.07. The van der Waals surface area contributed by atoms with Gasteiger partial charge in [0.1, 0.15) is 0 Å². The summed E-state index contributed by atoms with van der Waals surface area (Å²) in [5, 5.41) is 4.35. The average Bonchev–Trinajstić information content (AvgIpc) is 3.00. The molecule has 0 aromatic rings. The van der Waals surface area contributed by atoms with E-state index in [2.05, 4.69) is 24.0 Å². The van der Waals surface area contributed by atoms with Crippen molar-refractivity contribution < 1.29 is 4.79 Å². The Morgan fingerprint density at radius 1 is 1.39 bits per heavy atom. The summed E-state index contributed by atoms with van der Waals surface area (Å²) in [5.74, 6) is 1.51. The fraction of sp³-hybridized carbons (Fsp3) is 0.929. The van der Waals surface area contributed by atoms with Crippen molar-refractivity contribution in [3.63, 3.8) is 0 Å². The fourth-order valence-corrected chi connectivity index (χ4v) is 4.26. The molecule has 3 unspecified atom stereocenters. The molecule has 2 fully saturated rings. The summed E-state index contributed by atoms with van der Waals surface area (Å²) < 4.78 is 0. The Balaban J connectivity index is 1.74. The molecule has 1 aliphatic carbocycles. The molecule has 0 aromatic heterocycles. The number of nitrogens with one attached hydrogen (secondary N) is 1. The maximum atomic E-state index is 12.2. The van der Waals surface area contributed by atoms with E-state index in [0.717, 1.165) is 18.3 Å². The van der Waals surface area contributed by atoms with Crippen molar-refractivity contribution in [3.05, 3.63) is 0 Å². The van der Waals surface area contributed by atoms with Crippen LogP contribution in [0.25, 0.3) is 0 Å². The van der Waals surface area contributed by atoms with Crippen LogP contribution in [0.3, 0.4) is 0 Å². The van der Waals surface area contributed by atoms with Crippen LogP contribution in [0, 0.1) is 0 Å². The van der Waals surface area contributed by atoms with Crippen LogP contribution in [0.4, 0.5) is 0 Å². The van der Waals surface area contributed by atoms with E-state index in [4.69, 9.17) is 0 Å². The van der Waals surface area contributed by atoms with Gasteiger partial charge in [-0.15, -0.1) is 0 Å². The molecule has 18 heavy (non-hydrogen) atoms. The molecule has 0 aromatic carbocycles. The summed E-state index contributed by atoms with van der Waals surface area (Å²) in [6, 6.07) is 0.550. The van der Waals surface area contributed by atoms with Gasteiger partial charge in [0.05, 0.1) is 6.04 Å². The molecular weight excluding hydrogens is 244 g/mol. The van der Waals surface area contributed by atoms with Crippen LogP contribution >= 0.6 is 11.8 Å². The third-order valence-corrected chi connectivity index (χ3v) is 5.29. The molecule has 0 radical (unpaired) electrons. The van der Waals surface area contributed by atoms with Crippen LogP contribution in [0.5, 0.6) is 0 Å². The SMILES string of the molecule is CCSC1CCC(NC(C)C(=O)N2CCCC2)C1. The molecule has 0 bridgehead atoms.